The van der Waals surface area contributed by atoms with Crippen LogP contribution in [0, 0.1) is 25.2 Å². The maximum absolute atomic E-state index is 12.0. The van der Waals surface area contributed by atoms with Crippen molar-refractivity contribution in [2.24, 2.45) is 7.05 Å². The van der Waals surface area contributed by atoms with Gasteiger partial charge in [-0.25, -0.2) is 4.98 Å². The zero-order chi connectivity index (χ0) is 15.4. The van der Waals surface area contributed by atoms with E-state index in [1.54, 1.807) is 6.07 Å². The highest BCUT2D eigenvalue weighted by atomic mass is 16.1. The van der Waals surface area contributed by atoms with Gasteiger partial charge in [0.2, 0.25) is 0 Å². The van der Waals surface area contributed by atoms with Crippen LogP contribution in [-0.2, 0) is 13.5 Å². The highest BCUT2D eigenvalue weighted by molar-refractivity contribution is 5.94. The van der Waals surface area contributed by atoms with Crippen molar-refractivity contribution in [3.63, 3.8) is 0 Å². The number of nitriles is 1. The van der Waals surface area contributed by atoms with Gasteiger partial charge in [-0.3, -0.25) is 9.48 Å². The Bertz CT molecular complexity index is 711. The van der Waals surface area contributed by atoms with Crippen molar-refractivity contribution in [2.75, 3.05) is 6.54 Å². The van der Waals surface area contributed by atoms with Crippen molar-refractivity contribution >= 4 is 5.91 Å². The van der Waals surface area contributed by atoms with Crippen LogP contribution in [0.4, 0.5) is 0 Å². The van der Waals surface area contributed by atoms with E-state index in [4.69, 9.17) is 5.26 Å². The standard InChI is InChI=1S/C15H17N5O/c1-10-14(11(2)20(3)19-10)5-7-18-15(21)12-4-6-17-13(8-12)9-16/h4,6,8H,5,7H2,1-3H3,(H,18,21). The van der Waals surface area contributed by atoms with Crippen molar-refractivity contribution in [1.82, 2.24) is 20.1 Å². The molecule has 1 amide bonds. The highest BCUT2D eigenvalue weighted by Crippen LogP contribution is 2.12. The number of rotatable bonds is 4. The second-order valence-electron chi connectivity index (χ2n) is 4.82. The number of hydrogen-bond donors (Lipinski definition) is 1. The lowest BCUT2D eigenvalue weighted by molar-refractivity contribution is 0.0954. The molecule has 6 heteroatoms. The van der Waals surface area contributed by atoms with Gasteiger partial charge >= 0.3 is 0 Å². The molecule has 0 fully saturated rings. The summed E-state index contributed by atoms with van der Waals surface area (Å²) in [6.45, 7) is 4.50. The quantitative estimate of drug-likeness (QED) is 0.916. The zero-order valence-electron chi connectivity index (χ0n) is 12.3. The smallest absolute Gasteiger partial charge is 0.251 e. The van der Waals surface area contributed by atoms with Gasteiger partial charge in [0.15, 0.2) is 0 Å². The molecule has 2 rings (SSSR count). The number of carbonyl (C=O) groups is 1. The molecule has 2 aromatic heterocycles. The number of hydrogen-bond acceptors (Lipinski definition) is 4. The monoisotopic (exact) mass is 283 g/mol. The molecular weight excluding hydrogens is 266 g/mol. The summed E-state index contributed by atoms with van der Waals surface area (Å²) >= 11 is 0. The second kappa shape index (κ2) is 6.18. The summed E-state index contributed by atoms with van der Waals surface area (Å²) in [5, 5.41) is 16.0. The van der Waals surface area contributed by atoms with Gasteiger partial charge in [-0.1, -0.05) is 0 Å². The molecule has 0 radical (unpaired) electrons. The largest absolute Gasteiger partial charge is 0.352 e. The van der Waals surface area contributed by atoms with Gasteiger partial charge in [0.05, 0.1) is 5.69 Å². The summed E-state index contributed by atoms with van der Waals surface area (Å²) in [6.07, 6.45) is 2.19. The van der Waals surface area contributed by atoms with Crippen LogP contribution in [0.5, 0.6) is 0 Å². The number of aryl methyl sites for hydroxylation is 2. The predicted molar refractivity (Wildman–Crippen MR) is 77.7 cm³/mol. The molecule has 0 spiro atoms. The van der Waals surface area contributed by atoms with E-state index in [9.17, 15) is 4.79 Å². The van der Waals surface area contributed by atoms with E-state index in [0.717, 1.165) is 23.4 Å². The topological polar surface area (TPSA) is 83.6 Å². The lowest BCUT2D eigenvalue weighted by Gasteiger charge is -2.06. The Morgan fingerprint density at radius 3 is 2.86 bits per heavy atom. The van der Waals surface area contributed by atoms with Crippen molar-refractivity contribution in [3.05, 3.63) is 46.5 Å². The van der Waals surface area contributed by atoms with Crippen LogP contribution in [0.2, 0.25) is 0 Å². The molecule has 2 aromatic rings. The van der Waals surface area contributed by atoms with E-state index in [-0.39, 0.29) is 11.6 Å². The number of carbonyl (C=O) groups excluding carboxylic acids is 1. The van der Waals surface area contributed by atoms with Crippen LogP contribution in [0.25, 0.3) is 0 Å². The molecule has 0 aliphatic carbocycles. The number of pyridine rings is 1. The van der Waals surface area contributed by atoms with Crippen LogP contribution in [0.15, 0.2) is 18.3 Å². The Morgan fingerprint density at radius 1 is 1.48 bits per heavy atom. The fourth-order valence-electron chi connectivity index (χ4n) is 2.22. The summed E-state index contributed by atoms with van der Waals surface area (Å²) in [6, 6.07) is 5.00. The molecule has 0 unspecified atom stereocenters. The van der Waals surface area contributed by atoms with E-state index < -0.39 is 0 Å². The third kappa shape index (κ3) is 3.26. The first-order valence-corrected chi connectivity index (χ1v) is 6.66. The van der Waals surface area contributed by atoms with Crippen molar-refractivity contribution in [3.8, 4) is 6.07 Å². The Hall–Kier alpha value is -2.68. The minimum atomic E-state index is -0.201. The van der Waals surface area contributed by atoms with E-state index in [1.165, 1.54) is 12.3 Å². The molecule has 0 aliphatic heterocycles. The van der Waals surface area contributed by atoms with E-state index in [0.29, 0.717) is 12.1 Å². The van der Waals surface area contributed by atoms with Gasteiger partial charge < -0.3 is 5.32 Å². The molecule has 0 aromatic carbocycles. The Balaban J connectivity index is 1.97. The highest BCUT2D eigenvalue weighted by Gasteiger charge is 2.10. The van der Waals surface area contributed by atoms with Crippen molar-refractivity contribution in [2.45, 2.75) is 20.3 Å². The fourth-order valence-corrected chi connectivity index (χ4v) is 2.22. The molecule has 0 aliphatic rings. The van der Waals surface area contributed by atoms with Crippen LogP contribution >= 0.6 is 0 Å². The van der Waals surface area contributed by atoms with Crippen molar-refractivity contribution in [1.29, 1.82) is 5.26 Å². The summed E-state index contributed by atoms with van der Waals surface area (Å²) in [5.41, 5.74) is 3.94. The van der Waals surface area contributed by atoms with E-state index in [1.807, 2.05) is 31.6 Å². The molecule has 1 N–H and O–H groups in total. The second-order valence-corrected chi connectivity index (χ2v) is 4.82. The van der Waals surface area contributed by atoms with Gasteiger partial charge in [0, 0.05) is 31.0 Å². The summed E-state index contributed by atoms with van der Waals surface area (Å²) in [5.74, 6) is -0.201. The molecule has 0 bridgehead atoms. The van der Waals surface area contributed by atoms with Crippen molar-refractivity contribution < 1.29 is 4.79 Å². The molecule has 0 saturated heterocycles. The van der Waals surface area contributed by atoms with Gasteiger partial charge in [-0.05, 0) is 38.0 Å². The summed E-state index contributed by atoms with van der Waals surface area (Å²) < 4.78 is 1.84. The maximum atomic E-state index is 12.0. The molecule has 21 heavy (non-hydrogen) atoms. The first-order chi connectivity index (χ1) is 10.0. The molecule has 2 heterocycles. The van der Waals surface area contributed by atoms with Crippen LogP contribution in [0.3, 0.4) is 0 Å². The summed E-state index contributed by atoms with van der Waals surface area (Å²) in [4.78, 5) is 15.9. The molecule has 0 saturated carbocycles. The number of aromatic nitrogens is 3. The number of amides is 1. The Labute approximate surface area is 123 Å². The Kier molecular flexibility index (Phi) is 4.33. The lowest BCUT2D eigenvalue weighted by atomic mass is 10.1. The zero-order valence-corrected chi connectivity index (χ0v) is 12.3. The fraction of sp³-hybridized carbons (Fsp3) is 0.333. The summed E-state index contributed by atoms with van der Waals surface area (Å²) in [7, 11) is 1.91. The molecule has 6 nitrogen and oxygen atoms in total. The lowest BCUT2D eigenvalue weighted by Crippen LogP contribution is -2.26. The third-order valence-electron chi connectivity index (χ3n) is 3.46. The van der Waals surface area contributed by atoms with Gasteiger partial charge in [-0.2, -0.15) is 10.4 Å². The van der Waals surface area contributed by atoms with E-state index >= 15 is 0 Å². The van der Waals surface area contributed by atoms with Crippen LogP contribution in [-0.4, -0.2) is 27.2 Å². The Morgan fingerprint density at radius 2 is 2.24 bits per heavy atom. The number of nitrogens with one attached hydrogen (secondary N) is 1. The normalized spacial score (nSPS) is 10.2. The maximum Gasteiger partial charge on any atom is 0.251 e. The van der Waals surface area contributed by atoms with Crippen LogP contribution < -0.4 is 5.32 Å². The SMILES string of the molecule is Cc1nn(C)c(C)c1CCNC(=O)c1ccnc(C#N)c1. The molecule has 0 atom stereocenters. The molecule has 108 valence electrons. The average molecular weight is 283 g/mol. The minimum absolute atomic E-state index is 0.201. The van der Waals surface area contributed by atoms with Gasteiger partial charge in [0.25, 0.3) is 5.91 Å². The minimum Gasteiger partial charge on any atom is -0.352 e. The molecular formula is C15H17N5O. The number of nitrogens with zero attached hydrogens (tertiary/aromatic N) is 4. The first kappa shape index (κ1) is 14.7. The van der Waals surface area contributed by atoms with E-state index in [2.05, 4.69) is 15.4 Å². The predicted octanol–water partition coefficient (Wildman–Crippen LogP) is 1.28. The first-order valence-electron chi connectivity index (χ1n) is 6.66. The van der Waals surface area contributed by atoms with Crippen LogP contribution in [0.1, 0.15) is 33.0 Å². The average Bonchev–Trinajstić information content (AvgIpc) is 2.73. The third-order valence-corrected chi connectivity index (χ3v) is 3.46. The van der Waals surface area contributed by atoms with Gasteiger partial charge in [0.1, 0.15) is 11.8 Å². The van der Waals surface area contributed by atoms with Gasteiger partial charge in [-0.15, -0.1) is 0 Å².